The van der Waals surface area contributed by atoms with Gasteiger partial charge in [0, 0.05) is 39.3 Å². The van der Waals surface area contributed by atoms with Crippen LogP contribution < -0.4 is 16.6 Å². The highest BCUT2D eigenvalue weighted by Gasteiger charge is 2.44. The molecule has 3 heterocycles. The van der Waals surface area contributed by atoms with Gasteiger partial charge < -0.3 is 20.7 Å². The molecule has 0 fully saturated rings. The number of hydrogen-bond donors (Lipinski definition) is 3. The highest BCUT2D eigenvalue weighted by atomic mass is 32.2. The van der Waals surface area contributed by atoms with E-state index in [0.717, 1.165) is 22.1 Å². The van der Waals surface area contributed by atoms with Gasteiger partial charge in [0.05, 0.1) is 35.5 Å². The predicted octanol–water partition coefficient (Wildman–Crippen LogP) is 4.34. The molecule has 4 N–H and O–H groups in total. The van der Waals surface area contributed by atoms with Crippen LogP contribution in [0.25, 0.3) is 22.3 Å². The second-order valence-corrected chi connectivity index (χ2v) is 15.2. The molecule has 228 valence electrons. The Kier molecular flexibility index (Phi) is 7.14. The van der Waals surface area contributed by atoms with Gasteiger partial charge in [-0.15, -0.1) is 0 Å². The number of ketones is 1. The summed E-state index contributed by atoms with van der Waals surface area (Å²) in [5.74, 6) is -0.921. The van der Waals surface area contributed by atoms with Gasteiger partial charge in [-0.05, 0) is 74.5 Å². The highest BCUT2D eigenvalue weighted by Crippen LogP contribution is 2.46. The van der Waals surface area contributed by atoms with Gasteiger partial charge in [-0.2, -0.15) is 11.8 Å². The number of carbonyl (C=O) groups is 2. The number of rotatable bonds is 6. The fourth-order valence-electron chi connectivity index (χ4n) is 7.34. The van der Waals surface area contributed by atoms with Gasteiger partial charge in [0.2, 0.25) is 5.91 Å². The average molecular weight is 607 g/mol. The fourth-order valence-corrected chi connectivity index (χ4v) is 8.81. The largest absolute Gasteiger partial charge is 0.377 e. The van der Waals surface area contributed by atoms with E-state index in [1.807, 2.05) is 13.8 Å². The van der Waals surface area contributed by atoms with E-state index in [1.165, 1.54) is 6.07 Å². The number of Topliss-reactive ketones (excluding diaryl/α,β-unsaturated/α-hetero) is 1. The van der Waals surface area contributed by atoms with Crippen LogP contribution in [0.4, 0.5) is 4.39 Å². The van der Waals surface area contributed by atoms with Gasteiger partial charge in [0.25, 0.3) is 5.56 Å². The summed E-state index contributed by atoms with van der Waals surface area (Å²) in [7, 11) is 0. The van der Waals surface area contributed by atoms with Gasteiger partial charge in [-0.25, -0.2) is 9.37 Å². The van der Waals surface area contributed by atoms with Crippen LogP contribution in [0.5, 0.6) is 0 Å². The van der Waals surface area contributed by atoms with Crippen molar-refractivity contribution < 1.29 is 19.1 Å². The Labute approximate surface area is 254 Å². The molecule has 3 atom stereocenters. The molecule has 0 saturated carbocycles. The number of fused-ring (bicyclic) bond motifs is 5. The molecule has 43 heavy (non-hydrogen) atoms. The van der Waals surface area contributed by atoms with Gasteiger partial charge in [-0.3, -0.25) is 14.4 Å². The summed E-state index contributed by atoms with van der Waals surface area (Å²) in [4.78, 5) is 45.2. The summed E-state index contributed by atoms with van der Waals surface area (Å²) in [6, 6.07) is 1.96. The van der Waals surface area contributed by atoms with Crippen molar-refractivity contribution in [2.24, 2.45) is 5.73 Å². The molecule has 2 aromatic heterocycles. The van der Waals surface area contributed by atoms with Crippen LogP contribution in [0.2, 0.25) is 0 Å². The third kappa shape index (κ3) is 4.47. The summed E-state index contributed by atoms with van der Waals surface area (Å²) >= 11 is 1.65. The van der Waals surface area contributed by atoms with Gasteiger partial charge in [-0.1, -0.05) is 20.8 Å². The highest BCUT2D eigenvalue weighted by molar-refractivity contribution is 8.01. The lowest BCUT2D eigenvalue weighted by Gasteiger charge is -2.34. The topological polar surface area (TPSA) is 127 Å². The molecule has 6 rings (SSSR count). The summed E-state index contributed by atoms with van der Waals surface area (Å²) in [6.45, 7) is 11.8. The van der Waals surface area contributed by atoms with E-state index < -0.39 is 22.4 Å². The van der Waals surface area contributed by atoms with Crippen LogP contribution >= 0.6 is 11.8 Å². The minimum atomic E-state index is -1.74. The number of nitrogens with zero attached hydrogens (tertiary/aromatic N) is 2. The van der Waals surface area contributed by atoms with Crippen molar-refractivity contribution in [3.8, 4) is 11.4 Å². The van der Waals surface area contributed by atoms with Crippen LogP contribution in [0.1, 0.15) is 93.3 Å². The number of pyridine rings is 2. The number of carbonyl (C=O) groups excluding carboxylic acids is 2. The SMILES string of the molecule is CC[C@@]1(O)C(=O)CCc2c1cc1n(c2=O)Cc2c-1nc1cc(F)c(C)c3c1c2[C@@H](NC(=O)[C@H](N)C(C)(C)SC(C)C)CC3. The zero-order valence-corrected chi connectivity index (χ0v) is 26.4. The molecule has 0 spiro atoms. The van der Waals surface area contributed by atoms with Crippen LogP contribution in [-0.4, -0.2) is 42.4 Å². The second kappa shape index (κ2) is 10.2. The monoisotopic (exact) mass is 606 g/mol. The summed E-state index contributed by atoms with van der Waals surface area (Å²) < 4.78 is 16.3. The summed E-state index contributed by atoms with van der Waals surface area (Å²) in [5, 5.41) is 15.7. The van der Waals surface area contributed by atoms with Crippen molar-refractivity contribution in [2.45, 2.75) is 108 Å². The first-order valence-corrected chi connectivity index (χ1v) is 16.0. The Morgan fingerprint density at radius 1 is 1.23 bits per heavy atom. The molecule has 0 unspecified atom stereocenters. The van der Waals surface area contributed by atoms with Crippen LogP contribution in [0, 0.1) is 12.7 Å². The number of nitrogens with two attached hydrogens (primary N) is 1. The lowest BCUT2D eigenvalue weighted by molar-refractivity contribution is -0.140. The third-order valence-electron chi connectivity index (χ3n) is 9.64. The van der Waals surface area contributed by atoms with E-state index in [2.05, 4.69) is 19.2 Å². The molecule has 1 aliphatic heterocycles. The fraction of sp³-hybridized carbons (Fsp3) is 0.515. The van der Waals surface area contributed by atoms with Crippen molar-refractivity contribution in [2.75, 3.05) is 0 Å². The molecule has 3 aromatic rings. The number of amides is 1. The molecule has 1 amide bonds. The molecular formula is C33H39FN4O4S. The van der Waals surface area contributed by atoms with E-state index in [4.69, 9.17) is 10.7 Å². The Balaban J connectivity index is 1.53. The number of aliphatic hydroxyl groups is 1. The maximum absolute atomic E-state index is 15.2. The quantitative estimate of drug-likeness (QED) is 0.298. The number of halogens is 1. The minimum Gasteiger partial charge on any atom is -0.377 e. The van der Waals surface area contributed by atoms with Gasteiger partial charge in [0.1, 0.15) is 11.4 Å². The van der Waals surface area contributed by atoms with Gasteiger partial charge in [0.15, 0.2) is 5.78 Å². The van der Waals surface area contributed by atoms with E-state index in [1.54, 1.807) is 36.2 Å². The van der Waals surface area contributed by atoms with E-state index in [0.29, 0.717) is 51.7 Å². The molecule has 0 bridgehead atoms. The molecule has 0 saturated heterocycles. The van der Waals surface area contributed by atoms with Crippen molar-refractivity contribution in [1.82, 2.24) is 14.9 Å². The van der Waals surface area contributed by atoms with Gasteiger partial charge >= 0.3 is 0 Å². The van der Waals surface area contributed by atoms with Crippen LogP contribution in [0.3, 0.4) is 0 Å². The standard InChI is InChI=1S/C33H39FN4O4S/c1-7-33(42)20-12-24-28-19(14-38(24)31(41)18(20)9-11-25(33)39)27-22(37-30(40)29(35)32(5,6)43-15(2)3)10-8-17-16(4)21(34)13-23(36-28)26(17)27/h12-13,15,22,29,42H,7-11,14,35H2,1-6H3,(H,37,40)/t22-,29-,33-/m0/s1. The Morgan fingerprint density at radius 3 is 2.63 bits per heavy atom. The normalized spacial score (nSPS) is 21.5. The smallest absolute Gasteiger partial charge is 0.254 e. The number of aromatic nitrogens is 2. The number of nitrogens with one attached hydrogen (secondary N) is 1. The Hall–Kier alpha value is -3.08. The number of hydrogen-bond acceptors (Lipinski definition) is 7. The number of thioether (sulfide) groups is 1. The van der Waals surface area contributed by atoms with Crippen molar-refractivity contribution in [3.05, 3.63) is 61.7 Å². The first-order chi connectivity index (χ1) is 20.2. The summed E-state index contributed by atoms with van der Waals surface area (Å²) in [5.41, 5.74) is 9.81. The zero-order valence-electron chi connectivity index (χ0n) is 25.6. The lowest BCUT2D eigenvalue weighted by Crippen LogP contribution is -2.53. The van der Waals surface area contributed by atoms with Crippen molar-refractivity contribution >= 4 is 34.4 Å². The van der Waals surface area contributed by atoms with Crippen LogP contribution in [-0.2, 0) is 34.6 Å². The van der Waals surface area contributed by atoms with E-state index >= 15 is 4.39 Å². The summed E-state index contributed by atoms with van der Waals surface area (Å²) in [6.07, 6.45) is 1.63. The van der Waals surface area contributed by atoms with E-state index in [9.17, 15) is 19.5 Å². The Bertz CT molecular complexity index is 1780. The van der Waals surface area contributed by atoms with Crippen LogP contribution in [0.15, 0.2) is 16.9 Å². The maximum atomic E-state index is 15.2. The predicted molar refractivity (Wildman–Crippen MR) is 167 cm³/mol. The molecule has 1 aromatic carbocycles. The maximum Gasteiger partial charge on any atom is 0.254 e. The molecule has 2 aliphatic carbocycles. The average Bonchev–Trinajstić information content (AvgIpc) is 3.32. The lowest BCUT2D eigenvalue weighted by atomic mass is 9.77. The zero-order chi connectivity index (χ0) is 31.2. The number of aryl methyl sites for hydroxylation is 1. The molecule has 3 aliphatic rings. The van der Waals surface area contributed by atoms with E-state index in [-0.39, 0.29) is 48.9 Å². The molecule has 8 nitrogen and oxygen atoms in total. The Morgan fingerprint density at radius 2 is 1.95 bits per heavy atom. The first-order valence-electron chi connectivity index (χ1n) is 15.1. The molecule has 0 radical (unpaired) electrons. The van der Waals surface area contributed by atoms with Crippen molar-refractivity contribution in [3.63, 3.8) is 0 Å². The van der Waals surface area contributed by atoms with Crippen molar-refractivity contribution in [1.29, 1.82) is 0 Å². The third-order valence-corrected chi connectivity index (χ3v) is 11.0. The number of benzene rings is 1. The first kappa shape index (κ1) is 30.0. The molecular weight excluding hydrogens is 567 g/mol. The minimum absolute atomic E-state index is 0.105. The second-order valence-electron chi connectivity index (χ2n) is 13.0. The molecule has 10 heteroatoms.